The summed E-state index contributed by atoms with van der Waals surface area (Å²) in [6, 6.07) is 1.89. The molecule has 0 unspecified atom stereocenters. The van der Waals surface area contributed by atoms with Gasteiger partial charge in [0.1, 0.15) is 0 Å². The number of hydrogen-bond donors (Lipinski definition) is 0. The number of ketones is 1. The highest BCUT2D eigenvalue weighted by Crippen LogP contribution is 2.35. The van der Waals surface area contributed by atoms with Crippen LogP contribution in [0.4, 0.5) is 0 Å². The molecule has 0 aliphatic rings. The van der Waals surface area contributed by atoms with Crippen LogP contribution in [-0.4, -0.2) is 5.78 Å². The Labute approximate surface area is 140 Å². The minimum absolute atomic E-state index is 0.0972. The molecule has 0 bridgehead atoms. The summed E-state index contributed by atoms with van der Waals surface area (Å²) in [7, 11) is 0. The predicted octanol–water partition coefficient (Wildman–Crippen LogP) is 6.05. The predicted molar refractivity (Wildman–Crippen MR) is 93.3 cm³/mol. The van der Waals surface area contributed by atoms with Gasteiger partial charge in [0, 0.05) is 11.1 Å². The van der Waals surface area contributed by atoms with Crippen LogP contribution >= 0.6 is 43.2 Å². The van der Waals surface area contributed by atoms with Crippen LogP contribution in [-0.2, 0) is 0 Å². The van der Waals surface area contributed by atoms with Gasteiger partial charge in [-0.25, -0.2) is 0 Å². The van der Waals surface area contributed by atoms with Crippen molar-refractivity contribution in [2.75, 3.05) is 0 Å². The van der Waals surface area contributed by atoms with Crippen molar-refractivity contribution in [3.05, 3.63) is 52.6 Å². The summed E-state index contributed by atoms with van der Waals surface area (Å²) in [6.07, 6.45) is 0. The molecular formula is C16H16Br2OS. The molecule has 0 amide bonds. The highest BCUT2D eigenvalue weighted by atomic mass is 79.9. The molecule has 1 nitrogen and oxygen atoms in total. The molecule has 0 radical (unpaired) electrons. The molecule has 0 aliphatic carbocycles. The quantitative estimate of drug-likeness (QED) is 0.545. The molecule has 2 rings (SSSR count). The van der Waals surface area contributed by atoms with Crippen molar-refractivity contribution in [2.45, 2.75) is 34.6 Å². The summed E-state index contributed by atoms with van der Waals surface area (Å²) in [4.78, 5) is 12.9. The van der Waals surface area contributed by atoms with E-state index in [1.807, 2.05) is 19.9 Å². The lowest BCUT2D eigenvalue weighted by molar-refractivity contribution is 0.103. The van der Waals surface area contributed by atoms with E-state index in [-0.39, 0.29) is 5.78 Å². The van der Waals surface area contributed by atoms with Gasteiger partial charge >= 0.3 is 0 Å². The number of rotatable bonds is 2. The van der Waals surface area contributed by atoms with Gasteiger partial charge in [0.15, 0.2) is 5.78 Å². The maximum atomic E-state index is 12.9. The Bertz CT molecular complexity index is 685. The zero-order chi connectivity index (χ0) is 15.2. The van der Waals surface area contributed by atoms with E-state index in [0.717, 1.165) is 29.8 Å². The molecule has 0 aliphatic heterocycles. The molecule has 0 N–H and O–H groups in total. The number of carbonyl (C=O) groups excluding carboxylic acids is 1. The van der Waals surface area contributed by atoms with Crippen LogP contribution in [0.1, 0.15) is 43.7 Å². The molecule has 2 aromatic rings. The van der Waals surface area contributed by atoms with Gasteiger partial charge in [-0.2, -0.15) is 0 Å². The van der Waals surface area contributed by atoms with Crippen molar-refractivity contribution in [2.24, 2.45) is 0 Å². The Morgan fingerprint density at radius 2 is 1.35 bits per heavy atom. The lowest BCUT2D eigenvalue weighted by Crippen LogP contribution is -2.10. The Hall–Kier alpha value is -0.450. The van der Waals surface area contributed by atoms with Gasteiger partial charge in [-0.3, -0.25) is 4.79 Å². The zero-order valence-electron chi connectivity index (χ0n) is 12.1. The third-order valence-electron chi connectivity index (χ3n) is 4.13. The van der Waals surface area contributed by atoms with Gasteiger partial charge in [0.25, 0.3) is 0 Å². The van der Waals surface area contributed by atoms with E-state index < -0.39 is 0 Å². The van der Waals surface area contributed by atoms with E-state index in [1.165, 1.54) is 28.0 Å². The highest BCUT2D eigenvalue weighted by Gasteiger charge is 2.22. The Morgan fingerprint density at radius 3 is 1.75 bits per heavy atom. The van der Waals surface area contributed by atoms with Crippen molar-refractivity contribution in [3.8, 4) is 0 Å². The maximum absolute atomic E-state index is 12.9. The van der Waals surface area contributed by atoms with Crippen LogP contribution in [0, 0.1) is 34.6 Å². The average molecular weight is 416 g/mol. The third-order valence-corrected chi connectivity index (χ3v) is 6.47. The smallest absolute Gasteiger partial charge is 0.195 e. The minimum Gasteiger partial charge on any atom is -0.289 e. The van der Waals surface area contributed by atoms with Gasteiger partial charge in [-0.15, -0.1) is 11.3 Å². The van der Waals surface area contributed by atoms with E-state index >= 15 is 0 Å². The number of carbonyl (C=O) groups is 1. The third kappa shape index (κ3) is 2.53. The SMILES string of the molecule is Cc1c(C)c(C)c(C(=O)c2cc(Br)sc2Br)c(C)c1C. The van der Waals surface area contributed by atoms with Crippen molar-refractivity contribution in [1.82, 2.24) is 0 Å². The molecule has 0 saturated heterocycles. The maximum Gasteiger partial charge on any atom is 0.195 e. The van der Waals surface area contributed by atoms with E-state index in [4.69, 9.17) is 0 Å². The van der Waals surface area contributed by atoms with E-state index in [2.05, 4.69) is 52.6 Å². The molecule has 1 heterocycles. The van der Waals surface area contributed by atoms with Crippen LogP contribution in [0.25, 0.3) is 0 Å². The number of thiophene rings is 1. The van der Waals surface area contributed by atoms with Gasteiger partial charge in [-0.1, -0.05) is 0 Å². The molecule has 20 heavy (non-hydrogen) atoms. The van der Waals surface area contributed by atoms with Crippen LogP contribution in [0.2, 0.25) is 0 Å². The molecule has 1 aromatic carbocycles. The highest BCUT2D eigenvalue weighted by molar-refractivity contribution is 9.12. The second-order valence-electron chi connectivity index (χ2n) is 5.07. The van der Waals surface area contributed by atoms with Crippen molar-refractivity contribution in [3.63, 3.8) is 0 Å². The molecular weight excluding hydrogens is 400 g/mol. The number of hydrogen-bond acceptors (Lipinski definition) is 2. The number of halogens is 2. The summed E-state index contributed by atoms with van der Waals surface area (Å²) in [5, 5.41) is 0. The molecule has 0 fully saturated rings. The molecule has 106 valence electrons. The standard InChI is InChI=1S/C16H16Br2OS/c1-7-8(2)10(4)14(11(5)9(7)3)15(19)12-6-13(17)20-16(12)18/h6H,1-5H3. The van der Waals surface area contributed by atoms with E-state index in [0.29, 0.717) is 0 Å². The van der Waals surface area contributed by atoms with Crippen LogP contribution in [0.5, 0.6) is 0 Å². The topological polar surface area (TPSA) is 17.1 Å². The summed E-state index contributed by atoms with van der Waals surface area (Å²) in [6.45, 7) is 10.4. The van der Waals surface area contributed by atoms with Gasteiger partial charge in [0.2, 0.25) is 0 Å². The summed E-state index contributed by atoms with van der Waals surface area (Å²) < 4.78 is 1.84. The van der Waals surface area contributed by atoms with Crippen molar-refractivity contribution in [1.29, 1.82) is 0 Å². The second kappa shape index (κ2) is 5.74. The normalized spacial score (nSPS) is 10.9. The lowest BCUT2D eigenvalue weighted by atomic mass is 9.86. The summed E-state index contributed by atoms with van der Waals surface area (Å²) in [5.74, 6) is 0.0972. The van der Waals surface area contributed by atoms with Crippen molar-refractivity contribution >= 4 is 49.0 Å². The fraction of sp³-hybridized carbons (Fsp3) is 0.312. The second-order valence-corrected chi connectivity index (χ2v) is 8.82. The lowest BCUT2D eigenvalue weighted by Gasteiger charge is -2.17. The molecule has 1 aromatic heterocycles. The number of benzene rings is 1. The minimum atomic E-state index is 0.0972. The summed E-state index contributed by atoms with van der Waals surface area (Å²) >= 11 is 8.45. The largest absolute Gasteiger partial charge is 0.289 e. The Morgan fingerprint density at radius 1 is 0.900 bits per heavy atom. The van der Waals surface area contributed by atoms with E-state index in [1.54, 1.807) is 0 Å². The fourth-order valence-corrected chi connectivity index (χ4v) is 5.26. The first-order valence-corrected chi connectivity index (χ1v) is 8.72. The van der Waals surface area contributed by atoms with Crippen molar-refractivity contribution < 1.29 is 4.79 Å². The molecule has 0 saturated carbocycles. The van der Waals surface area contributed by atoms with Crippen LogP contribution < -0.4 is 0 Å². The van der Waals surface area contributed by atoms with Crippen LogP contribution in [0.3, 0.4) is 0 Å². The van der Waals surface area contributed by atoms with Gasteiger partial charge in [-0.05, 0) is 100 Å². The first-order chi connectivity index (χ1) is 9.25. The first kappa shape index (κ1) is 15.9. The zero-order valence-corrected chi connectivity index (χ0v) is 16.1. The Kier molecular flexibility index (Phi) is 4.57. The molecule has 0 spiro atoms. The fourth-order valence-electron chi connectivity index (χ4n) is 2.47. The van der Waals surface area contributed by atoms with Crippen LogP contribution in [0.15, 0.2) is 13.6 Å². The monoisotopic (exact) mass is 414 g/mol. The molecule has 4 heteroatoms. The summed E-state index contributed by atoms with van der Waals surface area (Å²) in [5.41, 5.74) is 7.45. The Balaban J connectivity index is 2.70. The van der Waals surface area contributed by atoms with Gasteiger partial charge in [0.05, 0.1) is 7.57 Å². The molecule has 0 atom stereocenters. The van der Waals surface area contributed by atoms with E-state index in [9.17, 15) is 4.79 Å². The first-order valence-electron chi connectivity index (χ1n) is 6.32. The van der Waals surface area contributed by atoms with Gasteiger partial charge < -0.3 is 0 Å². The average Bonchev–Trinajstić information content (AvgIpc) is 2.73.